The molecule has 0 bridgehead atoms. The lowest BCUT2D eigenvalue weighted by Crippen LogP contribution is -2.21. The van der Waals surface area contributed by atoms with E-state index in [9.17, 15) is 9.59 Å². The summed E-state index contributed by atoms with van der Waals surface area (Å²) in [6.07, 6.45) is 1.40. The molecule has 2 aromatic carbocycles. The standard InChI is InChI=1S/C23H21BrN4O2S2/c1-15(29)25-13-5-10-22-26-27-23(31-14-19(30)20-11-12-21(24)32-20)28(22)18-9-4-7-16-6-2-3-8-17(16)18/h2-4,6-9,11-12H,5,10,13-14H2,1H3,(H,25,29). The number of nitrogens with one attached hydrogen (secondary N) is 1. The molecular formula is C23H21BrN4O2S2. The first-order chi connectivity index (χ1) is 15.5. The topological polar surface area (TPSA) is 76.9 Å². The van der Waals surface area contributed by atoms with Crippen molar-refractivity contribution in [3.05, 3.63) is 69.1 Å². The van der Waals surface area contributed by atoms with Gasteiger partial charge in [0, 0.05) is 25.3 Å². The molecule has 4 rings (SSSR count). The molecule has 1 amide bonds. The van der Waals surface area contributed by atoms with E-state index in [1.54, 1.807) is 0 Å². The highest BCUT2D eigenvalue weighted by atomic mass is 79.9. The number of aromatic nitrogens is 3. The van der Waals surface area contributed by atoms with Gasteiger partial charge in [-0.25, -0.2) is 0 Å². The molecule has 0 aliphatic carbocycles. The number of rotatable bonds is 9. The molecule has 2 aromatic heterocycles. The number of hydrogen-bond acceptors (Lipinski definition) is 6. The number of carbonyl (C=O) groups is 2. The molecule has 0 saturated heterocycles. The van der Waals surface area contributed by atoms with Gasteiger partial charge in [0.05, 0.1) is 20.1 Å². The van der Waals surface area contributed by atoms with Crippen LogP contribution >= 0.6 is 39.0 Å². The van der Waals surface area contributed by atoms with Crippen LogP contribution < -0.4 is 5.32 Å². The first-order valence-corrected chi connectivity index (χ1v) is 12.7. The summed E-state index contributed by atoms with van der Waals surface area (Å²) in [6.45, 7) is 2.09. The molecule has 2 heterocycles. The number of amides is 1. The molecule has 4 aromatic rings. The van der Waals surface area contributed by atoms with Crippen molar-refractivity contribution in [2.75, 3.05) is 12.3 Å². The van der Waals surface area contributed by atoms with Gasteiger partial charge in [0.15, 0.2) is 10.9 Å². The normalized spacial score (nSPS) is 11.1. The second kappa shape index (κ2) is 10.4. The van der Waals surface area contributed by atoms with Gasteiger partial charge in [-0.05, 0) is 45.9 Å². The molecule has 0 radical (unpaired) electrons. The van der Waals surface area contributed by atoms with Crippen LogP contribution in [0.3, 0.4) is 0 Å². The maximum absolute atomic E-state index is 12.6. The Labute approximate surface area is 202 Å². The quantitative estimate of drug-likeness (QED) is 0.181. The van der Waals surface area contributed by atoms with Gasteiger partial charge in [-0.15, -0.1) is 21.5 Å². The van der Waals surface area contributed by atoms with E-state index in [0.717, 1.165) is 37.4 Å². The van der Waals surface area contributed by atoms with Crippen LogP contribution in [0.1, 0.15) is 28.8 Å². The Kier molecular flexibility index (Phi) is 7.39. The lowest BCUT2D eigenvalue weighted by molar-refractivity contribution is -0.118. The number of halogens is 1. The Balaban J connectivity index is 1.64. The zero-order valence-electron chi connectivity index (χ0n) is 17.4. The second-order valence-corrected chi connectivity index (χ2v) is 10.5. The molecule has 32 heavy (non-hydrogen) atoms. The van der Waals surface area contributed by atoms with Crippen LogP contribution in [0.5, 0.6) is 0 Å². The lowest BCUT2D eigenvalue weighted by atomic mass is 10.1. The minimum Gasteiger partial charge on any atom is -0.356 e. The van der Waals surface area contributed by atoms with Crippen molar-refractivity contribution >= 4 is 61.5 Å². The molecule has 164 valence electrons. The van der Waals surface area contributed by atoms with E-state index in [4.69, 9.17) is 0 Å². The number of thiophene rings is 1. The van der Waals surface area contributed by atoms with Crippen molar-refractivity contribution in [2.45, 2.75) is 24.9 Å². The number of carbonyl (C=O) groups excluding carboxylic acids is 2. The largest absolute Gasteiger partial charge is 0.356 e. The van der Waals surface area contributed by atoms with Crippen molar-refractivity contribution < 1.29 is 9.59 Å². The number of Topliss-reactive ketones (excluding diaryl/α,β-unsaturated/α-hetero) is 1. The van der Waals surface area contributed by atoms with Gasteiger partial charge >= 0.3 is 0 Å². The first kappa shape index (κ1) is 22.7. The van der Waals surface area contributed by atoms with E-state index >= 15 is 0 Å². The van der Waals surface area contributed by atoms with Gasteiger partial charge in [0.1, 0.15) is 5.82 Å². The molecule has 0 unspecified atom stereocenters. The fraction of sp³-hybridized carbons (Fsp3) is 0.217. The summed E-state index contributed by atoms with van der Waals surface area (Å²) in [5.41, 5.74) is 0.983. The van der Waals surface area contributed by atoms with E-state index < -0.39 is 0 Å². The molecule has 0 atom stereocenters. The predicted octanol–water partition coefficient (Wildman–Crippen LogP) is 5.29. The van der Waals surface area contributed by atoms with Gasteiger partial charge in [-0.2, -0.15) is 0 Å². The number of hydrogen-bond donors (Lipinski definition) is 1. The Morgan fingerprint density at radius 2 is 1.91 bits per heavy atom. The first-order valence-electron chi connectivity index (χ1n) is 10.1. The zero-order chi connectivity index (χ0) is 22.5. The summed E-state index contributed by atoms with van der Waals surface area (Å²) < 4.78 is 2.98. The molecule has 0 fully saturated rings. The fourth-order valence-corrected chi connectivity index (χ4v) is 5.64. The maximum Gasteiger partial charge on any atom is 0.216 e. The summed E-state index contributed by atoms with van der Waals surface area (Å²) in [5, 5.41) is 14.6. The Morgan fingerprint density at radius 1 is 1.09 bits per heavy atom. The highest BCUT2D eigenvalue weighted by molar-refractivity contribution is 9.11. The van der Waals surface area contributed by atoms with Crippen LogP contribution in [0.4, 0.5) is 0 Å². The van der Waals surface area contributed by atoms with Crippen molar-refractivity contribution in [3.63, 3.8) is 0 Å². The van der Waals surface area contributed by atoms with Crippen LogP contribution in [0.2, 0.25) is 0 Å². The average molecular weight is 529 g/mol. The van der Waals surface area contributed by atoms with Crippen molar-refractivity contribution in [2.24, 2.45) is 0 Å². The third-order valence-electron chi connectivity index (χ3n) is 4.84. The summed E-state index contributed by atoms with van der Waals surface area (Å²) in [7, 11) is 0. The fourth-order valence-electron chi connectivity index (χ4n) is 3.38. The number of ketones is 1. The van der Waals surface area contributed by atoms with Gasteiger partial charge in [-0.1, -0.05) is 48.2 Å². The highest BCUT2D eigenvalue weighted by Gasteiger charge is 2.18. The number of benzene rings is 2. The smallest absolute Gasteiger partial charge is 0.216 e. The molecule has 0 aliphatic rings. The molecular weight excluding hydrogens is 508 g/mol. The molecule has 0 saturated carbocycles. The molecule has 6 nitrogen and oxygen atoms in total. The summed E-state index contributed by atoms with van der Waals surface area (Å²) in [5.74, 6) is 1.10. The van der Waals surface area contributed by atoms with Crippen molar-refractivity contribution in [1.82, 2.24) is 20.1 Å². The van der Waals surface area contributed by atoms with Gasteiger partial charge in [0.2, 0.25) is 5.91 Å². The van der Waals surface area contributed by atoms with E-state index in [2.05, 4.69) is 49.6 Å². The predicted molar refractivity (Wildman–Crippen MR) is 133 cm³/mol. The average Bonchev–Trinajstić information content (AvgIpc) is 3.40. The van der Waals surface area contributed by atoms with Crippen LogP contribution in [-0.2, 0) is 11.2 Å². The Bertz CT molecular complexity index is 1260. The van der Waals surface area contributed by atoms with Crippen LogP contribution in [0.15, 0.2) is 63.5 Å². The highest BCUT2D eigenvalue weighted by Crippen LogP contribution is 2.30. The SMILES string of the molecule is CC(=O)NCCCc1nnc(SCC(=O)c2ccc(Br)s2)n1-c1cccc2ccccc12. The zero-order valence-corrected chi connectivity index (χ0v) is 20.6. The number of nitrogens with zero attached hydrogens (tertiary/aromatic N) is 3. The Hall–Kier alpha value is -2.49. The van der Waals surface area contributed by atoms with Crippen molar-refractivity contribution in [3.8, 4) is 5.69 Å². The maximum atomic E-state index is 12.6. The third kappa shape index (κ3) is 5.28. The minimum absolute atomic E-state index is 0.0458. The number of aryl methyl sites for hydroxylation is 1. The van der Waals surface area contributed by atoms with Crippen LogP contribution in [0.25, 0.3) is 16.5 Å². The van der Waals surface area contributed by atoms with Gasteiger partial charge < -0.3 is 5.32 Å². The van der Waals surface area contributed by atoms with Crippen LogP contribution in [-0.4, -0.2) is 38.8 Å². The Morgan fingerprint density at radius 3 is 2.69 bits per heavy atom. The summed E-state index contributed by atoms with van der Waals surface area (Å²) in [4.78, 5) is 24.5. The van der Waals surface area contributed by atoms with E-state index in [-0.39, 0.29) is 17.4 Å². The molecule has 0 aliphatic heterocycles. The summed E-state index contributed by atoms with van der Waals surface area (Å²) >= 11 is 6.23. The number of fused-ring (bicyclic) bond motifs is 1. The van der Waals surface area contributed by atoms with Gasteiger partial charge in [0.25, 0.3) is 0 Å². The minimum atomic E-state index is -0.0458. The van der Waals surface area contributed by atoms with Gasteiger partial charge in [-0.3, -0.25) is 14.2 Å². The lowest BCUT2D eigenvalue weighted by Gasteiger charge is -2.13. The monoisotopic (exact) mass is 528 g/mol. The van der Waals surface area contributed by atoms with E-state index in [0.29, 0.717) is 18.1 Å². The number of thioether (sulfide) groups is 1. The summed E-state index contributed by atoms with van der Waals surface area (Å²) in [6, 6.07) is 18.0. The molecule has 9 heteroatoms. The second-order valence-electron chi connectivity index (χ2n) is 7.13. The van der Waals surface area contributed by atoms with Crippen LogP contribution in [0, 0.1) is 0 Å². The third-order valence-corrected chi connectivity index (χ3v) is 7.43. The van der Waals surface area contributed by atoms with E-state index in [1.165, 1.54) is 30.0 Å². The molecule has 1 N–H and O–H groups in total. The van der Waals surface area contributed by atoms with E-state index in [1.807, 2.05) is 41.0 Å². The van der Waals surface area contributed by atoms with Crippen molar-refractivity contribution in [1.29, 1.82) is 0 Å². The molecule has 0 spiro atoms.